The van der Waals surface area contributed by atoms with Crippen molar-refractivity contribution in [2.75, 3.05) is 20.1 Å². The zero-order chi connectivity index (χ0) is 17.2. The highest BCUT2D eigenvalue weighted by molar-refractivity contribution is 5.87. The topological polar surface area (TPSA) is 41.3 Å². The van der Waals surface area contributed by atoms with Crippen LogP contribution in [-0.4, -0.2) is 39.7 Å². The molecule has 128 valence electrons. The summed E-state index contributed by atoms with van der Waals surface area (Å²) in [4.78, 5) is 6.53. The highest BCUT2D eigenvalue weighted by atomic mass is 16.3. The lowest BCUT2D eigenvalue weighted by Crippen LogP contribution is -2.32. The number of aryl methyl sites for hydroxylation is 1. The van der Waals surface area contributed by atoms with Crippen molar-refractivity contribution >= 4 is 10.9 Å². The molecule has 2 aliphatic heterocycles. The second kappa shape index (κ2) is 5.16. The molecule has 0 bridgehead atoms. The second-order valence-corrected chi connectivity index (χ2v) is 7.69. The van der Waals surface area contributed by atoms with Crippen LogP contribution in [0.4, 0.5) is 0 Å². The predicted octanol–water partition coefficient (Wildman–Crippen LogP) is 3.01. The Morgan fingerprint density at radius 2 is 2.00 bits per heavy atom. The van der Waals surface area contributed by atoms with Crippen molar-refractivity contribution in [1.82, 2.24) is 14.5 Å². The quantitative estimate of drug-likeness (QED) is 0.744. The van der Waals surface area contributed by atoms with Crippen molar-refractivity contribution in [2.24, 2.45) is 0 Å². The Kier molecular flexibility index (Phi) is 3.12. The molecule has 1 aromatic carbocycles. The summed E-state index contributed by atoms with van der Waals surface area (Å²) in [7, 11) is 2.19. The number of nitrogens with zero attached hydrogens (tertiary/aromatic N) is 3. The molecule has 0 saturated carbocycles. The van der Waals surface area contributed by atoms with Crippen molar-refractivity contribution in [1.29, 1.82) is 0 Å². The lowest BCUT2D eigenvalue weighted by Gasteiger charge is -2.27. The Balaban J connectivity index is 1.84. The summed E-state index contributed by atoms with van der Waals surface area (Å²) in [5.74, 6) is 0.355. The average Bonchev–Trinajstić information content (AvgIpc) is 3.02. The number of hydrogen-bond donors (Lipinski definition) is 1. The Bertz CT molecular complexity index is 962. The molecule has 2 aliphatic rings. The van der Waals surface area contributed by atoms with E-state index in [-0.39, 0.29) is 0 Å². The maximum atomic E-state index is 11.8. The Labute approximate surface area is 147 Å². The van der Waals surface area contributed by atoms with Crippen LogP contribution in [0.1, 0.15) is 34.7 Å². The molecule has 2 unspecified atom stereocenters. The number of benzene rings is 1. The van der Waals surface area contributed by atoms with Crippen molar-refractivity contribution in [3.63, 3.8) is 0 Å². The van der Waals surface area contributed by atoms with Gasteiger partial charge in [0, 0.05) is 54.5 Å². The van der Waals surface area contributed by atoms with Gasteiger partial charge in [0.25, 0.3) is 0 Å². The minimum atomic E-state index is -0.993. The van der Waals surface area contributed by atoms with Crippen molar-refractivity contribution in [2.45, 2.75) is 31.4 Å². The first kappa shape index (κ1) is 15.1. The van der Waals surface area contributed by atoms with Gasteiger partial charge in [-0.05, 0) is 50.2 Å². The molecule has 2 aromatic heterocycles. The summed E-state index contributed by atoms with van der Waals surface area (Å²) in [5.41, 5.74) is 5.13. The van der Waals surface area contributed by atoms with Crippen molar-refractivity contribution in [3.05, 3.63) is 65.1 Å². The van der Waals surface area contributed by atoms with Gasteiger partial charge in [0.1, 0.15) is 0 Å². The van der Waals surface area contributed by atoms with E-state index in [0.29, 0.717) is 5.92 Å². The SMILES string of the molecule is Cc1ccc2c(c1)c1c3n2C(O)(c2ccncc2)CC3CN(C)CC1. The third-order valence-corrected chi connectivity index (χ3v) is 5.97. The second-order valence-electron chi connectivity index (χ2n) is 7.69. The molecule has 0 spiro atoms. The van der Waals surface area contributed by atoms with Crippen LogP contribution in [0.5, 0.6) is 0 Å². The fourth-order valence-electron chi connectivity index (χ4n) is 4.90. The largest absolute Gasteiger partial charge is 0.366 e. The Morgan fingerprint density at radius 1 is 1.20 bits per heavy atom. The third kappa shape index (κ3) is 2.04. The van der Waals surface area contributed by atoms with Gasteiger partial charge in [0.15, 0.2) is 5.72 Å². The lowest BCUT2D eigenvalue weighted by molar-refractivity contribution is 0.0129. The molecule has 4 heteroatoms. The van der Waals surface area contributed by atoms with Crippen LogP contribution in [-0.2, 0) is 12.1 Å². The van der Waals surface area contributed by atoms with E-state index >= 15 is 0 Å². The summed E-state index contributed by atoms with van der Waals surface area (Å²) in [5, 5.41) is 13.1. The highest BCUT2D eigenvalue weighted by Crippen LogP contribution is 2.50. The van der Waals surface area contributed by atoms with Gasteiger partial charge in [0.2, 0.25) is 0 Å². The number of rotatable bonds is 1. The Morgan fingerprint density at radius 3 is 2.80 bits per heavy atom. The molecule has 4 nitrogen and oxygen atoms in total. The van der Waals surface area contributed by atoms with Gasteiger partial charge in [-0.25, -0.2) is 0 Å². The van der Waals surface area contributed by atoms with Gasteiger partial charge in [0.05, 0.1) is 5.52 Å². The molecule has 0 aliphatic carbocycles. The van der Waals surface area contributed by atoms with E-state index in [4.69, 9.17) is 0 Å². The van der Waals surface area contributed by atoms with Gasteiger partial charge in [-0.1, -0.05) is 11.6 Å². The molecular weight excluding hydrogens is 310 g/mol. The van der Waals surface area contributed by atoms with E-state index in [2.05, 4.69) is 46.6 Å². The standard InChI is InChI=1S/C21H23N3O/c1-14-3-4-19-18(11-14)17-7-10-23(2)13-15-12-21(25,24(19)20(15)17)16-5-8-22-9-6-16/h3-6,8-9,11,15,25H,7,10,12-13H2,1-2H3. The van der Waals surface area contributed by atoms with Crippen molar-refractivity contribution < 1.29 is 5.11 Å². The number of pyridine rings is 1. The molecule has 5 rings (SSSR count). The molecule has 4 heterocycles. The fourth-order valence-corrected chi connectivity index (χ4v) is 4.90. The summed E-state index contributed by atoms with van der Waals surface area (Å²) >= 11 is 0. The number of fused-ring (bicyclic) bond motifs is 3. The number of likely N-dealkylation sites (N-methyl/N-ethyl adjacent to an activating group) is 1. The highest BCUT2D eigenvalue weighted by Gasteiger charge is 2.47. The summed E-state index contributed by atoms with van der Waals surface area (Å²) in [6, 6.07) is 10.5. The van der Waals surface area contributed by atoms with Gasteiger partial charge < -0.3 is 14.6 Å². The molecule has 0 radical (unpaired) electrons. The first-order valence-electron chi connectivity index (χ1n) is 9.03. The van der Waals surface area contributed by atoms with E-state index < -0.39 is 5.72 Å². The molecule has 1 N–H and O–H groups in total. The summed E-state index contributed by atoms with van der Waals surface area (Å²) in [6.07, 6.45) is 5.32. The maximum Gasteiger partial charge on any atom is 0.169 e. The monoisotopic (exact) mass is 333 g/mol. The summed E-state index contributed by atoms with van der Waals surface area (Å²) < 4.78 is 2.22. The zero-order valence-electron chi connectivity index (χ0n) is 14.7. The Hall–Kier alpha value is -2.17. The molecule has 0 amide bonds. The number of aliphatic hydroxyl groups is 1. The molecule has 0 fully saturated rings. The third-order valence-electron chi connectivity index (χ3n) is 5.97. The van der Waals surface area contributed by atoms with Gasteiger partial charge in [-0.3, -0.25) is 4.98 Å². The smallest absolute Gasteiger partial charge is 0.169 e. The molecule has 3 aromatic rings. The molecule has 25 heavy (non-hydrogen) atoms. The van der Waals surface area contributed by atoms with Crippen molar-refractivity contribution in [3.8, 4) is 0 Å². The first-order chi connectivity index (χ1) is 12.1. The van der Waals surface area contributed by atoms with Gasteiger partial charge in [-0.15, -0.1) is 0 Å². The van der Waals surface area contributed by atoms with Crippen LogP contribution in [0.15, 0.2) is 42.7 Å². The lowest BCUT2D eigenvalue weighted by atomic mass is 9.92. The maximum absolute atomic E-state index is 11.8. The fraction of sp³-hybridized carbons (Fsp3) is 0.381. The van der Waals surface area contributed by atoms with E-state index in [1.807, 2.05) is 12.1 Å². The van der Waals surface area contributed by atoms with Crippen LogP contribution in [0.2, 0.25) is 0 Å². The molecule has 2 atom stereocenters. The predicted molar refractivity (Wildman–Crippen MR) is 98.8 cm³/mol. The van der Waals surface area contributed by atoms with Gasteiger partial charge >= 0.3 is 0 Å². The van der Waals surface area contributed by atoms with E-state index in [1.165, 1.54) is 22.2 Å². The first-order valence-corrected chi connectivity index (χ1v) is 9.03. The van der Waals surface area contributed by atoms with E-state index in [0.717, 1.165) is 37.0 Å². The van der Waals surface area contributed by atoms with Crippen LogP contribution in [0, 0.1) is 6.92 Å². The van der Waals surface area contributed by atoms with Gasteiger partial charge in [-0.2, -0.15) is 0 Å². The van der Waals surface area contributed by atoms with Crippen LogP contribution in [0.25, 0.3) is 10.9 Å². The zero-order valence-corrected chi connectivity index (χ0v) is 14.7. The minimum absolute atomic E-state index is 0.355. The van der Waals surface area contributed by atoms with Crippen LogP contribution in [0.3, 0.4) is 0 Å². The van der Waals surface area contributed by atoms with Crippen LogP contribution >= 0.6 is 0 Å². The normalized spacial score (nSPS) is 26.0. The molecular formula is C21H23N3O. The van der Waals surface area contributed by atoms with Crippen LogP contribution < -0.4 is 0 Å². The van der Waals surface area contributed by atoms with E-state index in [1.54, 1.807) is 12.4 Å². The number of aromatic nitrogens is 2. The minimum Gasteiger partial charge on any atom is -0.366 e. The van der Waals surface area contributed by atoms with E-state index in [9.17, 15) is 5.11 Å². The summed E-state index contributed by atoms with van der Waals surface area (Å²) in [6.45, 7) is 4.21. The number of hydrogen-bond acceptors (Lipinski definition) is 3. The molecule has 0 saturated heterocycles. The average molecular weight is 333 g/mol.